The van der Waals surface area contributed by atoms with Crippen LogP contribution in [0.4, 0.5) is 45.3 Å². The van der Waals surface area contributed by atoms with E-state index in [1.54, 1.807) is 56.8 Å². The lowest BCUT2D eigenvalue weighted by molar-refractivity contribution is -0.109. The van der Waals surface area contributed by atoms with Crippen molar-refractivity contribution >= 4 is 91.0 Å². The molecule has 0 aliphatic rings. The number of rotatable bonds is 10. The Kier molecular flexibility index (Phi) is 22.8. The number of urea groups is 1. The number of isocyanates is 1. The lowest BCUT2D eigenvalue weighted by Gasteiger charge is -2.14. The predicted molar refractivity (Wildman–Crippen MR) is 392 cm³/mol. The van der Waals surface area contributed by atoms with Gasteiger partial charge < -0.3 is 37.7 Å². The molecule has 0 unspecified atom stereocenters. The average Bonchev–Trinajstić information content (AvgIpc) is 1.73. The lowest BCUT2D eigenvalue weighted by Crippen LogP contribution is -2.21. The molecule has 0 aliphatic heterocycles. The van der Waals surface area contributed by atoms with Crippen LogP contribution in [0.2, 0.25) is 0 Å². The first kappa shape index (κ1) is 71.3. The Hall–Kier alpha value is -11.6. The van der Waals surface area contributed by atoms with Gasteiger partial charge in [-0.1, -0.05) is 164 Å². The van der Waals surface area contributed by atoms with E-state index in [0.717, 1.165) is 72.7 Å². The molecule has 0 saturated heterocycles. The van der Waals surface area contributed by atoms with Crippen molar-refractivity contribution in [2.45, 2.75) is 106 Å². The zero-order chi connectivity index (χ0) is 70.4. The summed E-state index contributed by atoms with van der Waals surface area (Å²) in [6.45, 7) is 26.3. The summed E-state index contributed by atoms with van der Waals surface area (Å²) in [4.78, 5) is 44.6. The summed E-state index contributed by atoms with van der Waals surface area (Å²) >= 11 is 4.64. The maximum Gasteiger partial charge on any atom is 0.324 e. The fourth-order valence-electron chi connectivity index (χ4n) is 9.47. The number of aromatic nitrogens is 8. The molecule has 5 heterocycles. The summed E-state index contributed by atoms with van der Waals surface area (Å²) in [5.74, 6) is 5.19. The summed E-state index contributed by atoms with van der Waals surface area (Å²) < 4.78 is 17.1. The molecule has 10 N–H and O–H groups in total. The molecule has 20 nitrogen and oxygen atoms in total. The maximum absolute atomic E-state index is 13.2. The smallest absolute Gasteiger partial charge is 0.324 e. The van der Waals surface area contributed by atoms with Crippen molar-refractivity contribution in [2.75, 3.05) is 33.6 Å². The van der Waals surface area contributed by atoms with Crippen LogP contribution in [0.5, 0.6) is 23.0 Å². The molecular formula is C76H82ClN15O5. The number of halogens is 1. The number of amides is 2. The van der Waals surface area contributed by atoms with E-state index >= 15 is 0 Å². The second-order valence-corrected chi connectivity index (χ2v) is 26.4. The maximum atomic E-state index is 13.2. The molecule has 0 atom stereocenters. The van der Waals surface area contributed by atoms with Gasteiger partial charge in [-0.05, 0) is 105 Å². The van der Waals surface area contributed by atoms with E-state index in [1.165, 1.54) is 18.1 Å². The first-order chi connectivity index (χ1) is 45.9. The van der Waals surface area contributed by atoms with Crippen molar-refractivity contribution in [1.82, 2.24) is 39.3 Å². The number of nitrogens with two attached hydrogens (primary N) is 4. The minimum absolute atomic E-state index is 0.0179. The van der Waals surface area contributed by atoms with E-state index < -0.39 is 0 Å². The Morgan fingerprint density at radius 1 is 0.485 bits per heavy atom. The van der Waals surface area contributed by atoms with Crippen LogP contribution < -0.4 is 43.0 Å². The topological polar surface area (TPSA) is 289 Å². The summed E-state index contributed by atoms with van der Waals surface area (Å²) in [6.07, 6.45) is 4.80. The third kappa shape index (κ3) is 19.5. The zero-order valence-electron chi connectivity index (χ0n) is 56.8. The van der Waals surface area contributed by atoms with Crippen LogP contribution in [0, 0.1) is 20.8 Å². The highest BCUT2D eigenvalue weighted by Gasteiger charge is 2.24. The number of pyridine rings is 2. The molecule has 21 heteroatoms. The van der Waals surface area contributed by atoms with Gasteiger partial charge in [0.1, 0.15) is 46.3 Å². The minimum Gasteiger partial charge on any atom is -0.457 e. The van der Waals surface area contributed by atoms with Gasteiger partial charge in [-0.25, -0.2) is 33.6 Å². The second-order valence-electron chi connectivity index (χ2n) is 25.9. The molecule has 0 spiro atoms. The van der Waals surface area contributed by atoms with Gasteiger partial charge in [0.2, 0.25) is 11.3 Å². The average molecular weight is 1320 g/mol. The van der Waals surface area contributed by atoms with Crippen molar-refractivity contribution in [1.29, 1.82) is 0 Å². The van der Waals surface area contributed by atoms with E-state index in [-0.39, 0.29) is 27.5 Å². The largest absolute Gasteiger partial charge is 0.457 e. The van der Waals surface area contributed by atoms with E-state index in [4.69, 9.17) is 37.5 Å². The van der Waals surface area contributed by atoms with Crippen LogP contribution in [0.25, 0.3) is 38.6 Å². The Bertz CT molecular complexity index is 4740. The van der Waals surface area contributed by atoms with Crippen molar-refractivity contribution in [2.24, 2.45) is 4.99 Å². The predicted octanol–water partition coefficient (Wildman–Crippen LogP) is 17.5. The molecule has 0 fully saturated rings. The molecule has 97 heavy (non-hydrogen) atoms. The number of carbonyl (C=O) groups excluding carboxylic acids is 3. The summed E-state index contributed by atoms with van der Waals surface area (Å²) in [6, 6.07) is 59.2. The number of nitrogens with one attached hydrogen (secondary N) is 2. The van der Waals surface area contributed by atoms with Crippen LogP contribution in [-0.4, -0.2) is 56.7 Å². The number of aliphatic imine (C=N–C) groups is 1. The van der Waals surface area contributed by atoms with Gasteiger partial charge in [-0.2, -0.15) is 15.3 Å². The molecule has 7 aromatic carbocycles. The van der Waals surface area contributed by atoms with E-state index in [9.17, 15) is 14.4 Å². The van der Waals surface area contributed by atoms with Gasteiger partial charge in [-0.3, -0.25) is 10.1 Å². The van der Waals surface area contributed by atoms with Gasteiger partial charge in [0.25, 0.3) is 0 Å². The molecule has 498 valence electrons. The Morgan fingerprint density at radius 2 is 0.887 bits per heavy atom. The quantitative estimate of drug-likeness (QED) is 0.0321. The summed E-state index contributed by atoms with van der Waals surface area (Å²) in [5.41, 5.74) is 33.6. The molecule has 12 rings (SSSR count). The second kappa shape index (κ2) is 31.1. The highest BCUT2D eigenvalue weighted by atomic mass is 35.5. The number of ether oxygens (including phenoxy) is 2. The third-order valence-corrected chi connectivity index (χ3v) is 14.7. The molecule has 12 aromatic rings. The Labute approximate surface area is 570 Å². The van der Waals surface area contributed by atoms with E-state index in [1.807, 2.05) is 166 Å². The minimum atomic E-state index is -0.376. The van der Waals surface area contributed by atoms with Crippen LogP contribution in [0.1, 0.15) is 103 Å². The number of nitrogen functional groups attached to an aromatic ring is 4. The number of carbonyl (C=O) groups is 2. The first-order valence-electron chi connectivity index (χ1n) is 31.1. The lowest BCUT2D eigenvalue weighted by atomic mass is 9.92. The normalized spacial score (nSPS) is 11.0. The number of benzene rings is 7. The number of hydrogen-bond donors (Lipinski definition) is 6. The molecule has 2 amide bonds. The number of fused-ring (bicyclic) bond motifs is 2. The Balaban J connectivity index is 0.000000173. The fourth-order valence-corrected chi connectivity index (χ4v) is 9.47. The summed E-state index contributed by atoms with van der Waals surface area (Å²) in [7, 11) is 0. The van der Waals surface area contributed by atoms with Crippen LogP contribution >= 0.6 is 11.6 Å². The van der Waals surface area contributed by atoms with Crippen molar-refractivity contribution in [3.63, 3.8) is 0 Å². The highest BCUT2D eigenvalue weighted by molar-refractivity contribution is 6.62. The van der Waals surface area contributed by atoms with Crippen molar-refractivity contribution in [3.05, 3.63) is 234 Å². The first-order valence-corrected chi connectivity index (χ1v) is 31.5. The van der Waals surface area contributed by atoms with Gasteiger partial charge >= 0.3 is 6.03 Å². The molecule has 0 bridgehead atoms. The molecule has 5 aromatic heterocycles. The third-order valence-electron chi connectivity index (χ3n) is 14.7. The van der Waals surface area contributed by atoms with Gasteiger partial charge in [0, 0.05) is 93.1 Å². The van der Waals surface area contributed by atoms with Gasteiger partial charge in [0.15, 0.2) is 5.82 Å². The number of anilines is 6. The van der Waals surface area contributed by atoms with Crippen LogP contribution in [0.3, 0.4) is 0 Å². The fraction of sp³-hybridized carbons (Fsp3) is 0.211. The molecule has 0 saturated carbocycles. The molecular weight excluding hydrogens is 1240 g/mol. The van der Waals surface area contributed by atoms with E-state index in [2.05, 4.69) is 129 Å². The SMILES string of the molecule is CC(=O)Cl.Cc1ccc(-n2nc(C(C)(C)C)cc2N)cc1.Cc1ccc(-n2nc(C(C)(C)C)cc2N=C=O)cc1.Cc1ccc(-n2nc(C(C)(C)C)cc2NC(=O)Nc2ccc(Oc3ccnc(N)c3)c3ccccc23)cc1.Nc1cc(Oc2ccc(N)c3ccccc23)ccn1. The number of aryl methyl sites for hydroxylation is 3. The van der Waals surface area contributed by atoms with Gasteiger partial charge in [-0.15, -0.1) is 4.99 Å². The monoisotopic (exact) mass is 1320 g/mol. The Morgan fingerprint density at radius 3 is 1.35 bits per heavy atom. The standard InChI is InChI=1S/C30H30N6O2.C15H13N3O.C15H17N3O.C14H19N3.C2H3ClO/c1-19-9-11-20(12-10-19)36-28(18-26(35-36)30(2,3)4)34-29(37)33-24-13-14-25(23-8-6-5-7-22(23)24)38-21-15-16-32-27(31)17-21;16-13-5-6-14(12-4-2-1-3-11(12)13)19-10-7-8-18-15(17)9-10;1-11-5-7-12(8-6-11)18-14(16-10-19)9-13(17-18)15(2,3)4;1-10-5-7-11(8-6-10)17-13(15)9-12(16-17)14(2,3)4;1-2(3)4/h5-18H,1-4H3,(H2,31,32)(H2,33,34,37);1-9H,16H2,(H2,17,18);5-9H,1-4H3;5-9H,15H2,1-4H3;1H3. The van der Waals surface area contributed by atoms with Gasteiger partial charge in [0.05, 0.1) is 39.8 Å². The summed E-state index contributed by atoms with van der Waals surface area (Å²) in [5, 5.41) is 23.2. The number of nitrogens with zero attached hydrogens (tertiary/aromatic N) is 9. The van der Waals surface area contributed by atoms with Crippen molar-refractivity contribution < 1.29 is 23.9 Å². The molecule has 0 radical (unpaired) electrons. The highest BCUT2D eigenvalue weighted by Crippen LogP contribution is 2.37. The number of hydrogen-bond acceptors (Lipinski definition) is 15. The van der Waals surface area contributed by atoms with Crippen LogP contribution in [-0.2, 0) is 25.8 Å². The van der Waals surface area contributed by atoms with E-state index in [0.29, 0.717) is 52.0 Å². The molecule has 0 aliphatic carbocycles. The van der Waals surface area contributed by atoms with Crippen LogP contribution in [0.15, 0.2) is 205 Å². The van der Waals surface area contributed by atoms with Crippen molar-refractivity contribution in [3.8, 4) is 40.1 Å². The zero-order valence-corrected chi connectivity index (χ0v) is 57.6.